The molecule has 1 amide bonds. The van der Waals surface area contributed by atoms with Crippen molar-refractivity contribution in [1.29, 1.82) is 0 Å². The number of nitrogens with one attached hydrogen (secondary N) is 1. The number of hydrogen-bond donors (Lipinski definition) is 1. The largest absolute Gasteiger partial charge is 0.468 e. The van der Waals surface area contributed by atoms with E-state index in [0.29, 0.717) is 0 Å². The minimum atomic E-state index is -0.0407. The molecule has 3 aromatic rings. The van der Waals surface area contributed by atoms with Gasteiger partial charge in [-0.3, -0.25) is 9.69 Å². The maximum Gasteiger partial charge on any atom is 0.226 e. The molecule has 6 heteroatoms. The zero-order valence-corrected chi connectivity index (χ0v) is 14.5. The van der Waals surface area contributed by atoms with E-state index >= 15 is 0 Å². The van der Waals surface area contributed by atoms with E-state index in [9.17, 15) is 4.79 Å². The van der Waals surface area contributed by atoms with Gasteiger partial charge in [0, 0.05) is 24.7 Å². The molecule has 2 aromatic heterocycles. The van der Waals surface area contributed by atoms with Crippen LogP contribution in [0.5, 0.6) is 0 Å². The second kappa shape index (κ2) is 6.37. The number of carbonyl (C=O) groups is 1. The number of anilines is 1. The molecule has 1 aromatic carbocycles. The Bertz CT molecular complexity index is 896. The average molecular weight is 338 g/mol. The van der Waals surface area contributed by atoms with Gasteiger partial charge >= 0.3 is 0 Å². The van der Waals surface area contributed by atoms with Crippen molar-refractivity contribution in [3.05, 3.63) is 48.2 Å². The maximum absolute atomic E-state index is 11.9. The molecule has 0 spiro atoms. The normalized spacial score (nSPS) is 14.8. The number of rotatable bonds is 4. The van der Waals surface area contributed by atoms with Gasteiger partial charge in [0.05, 0.1) is 30.4 Å². The lowest BCUT2D eigenvalue weighted by atomic mass is 10.2. The van der Waals surface area contributed by atoms with E-state index in [1.54, 1.807) is 6.26 Å². The first kappa shape index (κ1) is 15.9. The molecule has 0 saturated heterocycles. The van der Waals surface area contributed by atoms with Crippen LogP contribution in [-0.4, -0.2) is 26.9 Å². The van der Waals surface area contributed by atoms with Gasteiger partial charge in [-0.2, -0.15) is 0 Å². The van der Waals surface area contributed by atoms with Gasteiger partial charge in [-0.15, -0.1) is 0 Å². The Kier molecular flexibility index (Phi) is 4.05. The first-order valence-electron chi connectivity index (χ1n) is 8.65. The molecule has 3 heterocycles. The lowest BCUT2D eigenvalue weighted by molar-refractivity contribution is -0.118. The molecule has 0 saturated carbocycles. The number of furan rings is 1. The Morgan fingerprint density at radius 1 is 1.32 bits per heavy atom. The smallest absolute Gasteiger partial charge is 0.226 e. The third kappa shape index (κ3) is 3.17. The molecule has 0 atom stereocenters. The van der Waals surface area contributed by atoms with Crippen LogP contribution >= 0.6 is 0 Å². The Morgan fingerprint density at radius 2 is 2.20 bits per heavy atom. The molecule has 4 rings (SSSR count). The molecule has 1 aliphatic heterocycles. The molecule has 0 aliphatic carbocycles. The monoisotopic (exact) mass is 338 g/mol. The minimum Gasteiger partial charge on any atom is -0.468 e. The number of nitrogens with zero attached hydrogens (tertiary/aromatic N) is 3. The van der Waals surface area contributed by atoms with Crippen LogP contribution in [0, 0.1) is 5.92 Å². The molecule has 1 aliphatic rings. The highest BCUT2D eigenvalue weighted by molar-refractivity contribution is 5.94. The van der Waals surface area contributed by atoms with Crippen LogP contribution < -0.4 is 5.32 Å². The molecule has 0 fully saturated rings. The SMILES string of the molecule is CC(C)C(=O)Nc1ccc2c(c1)nc1n2CCN(Cc2ccco2)C1. The Hall–Kier alpha value is -2.60. The minimum absolute atomic E-state index is 0.0212. The summed E-state index contributed by atoms with van der Waals surface area (Å²) < 4.78 is 7.71. The Morgan fingerprint density at radius 3 is 2.96 bits per heavy atom. The highest BCUT2D eigenvalue weighted by Crippen LogP contribution is 2.24. The van der Waals surface area contributed by atoms with Gasteiger partial charge in [0.25, 0.3) is 0 Å². The maximum atomic E-state index is 11.9. The fourth-order valence-electron chi connectivity index (χ4n) is 3.19. The number of fused-ring (bicyclic) bond motifs is 3. The first-order valence-corrected chi connectivity index (χ1v) is 8.65. The van der Waals surface area contributed by atoms with E-state index in [2.05, 4.69) is 14.8 Å². The van der Waals surface area contributed by atoms with Gasteiger partial charge < -0.3 is 14.3 Å². The summed E-state index contributed by atoms with van der Waals surface area (Å²) in [4.78, 5) is 19.0. The summed E-state index contributed by atoms with van der Waals surface area (Å²) in [6.45, 7) is 7.23. The van der Waals surface area contributed by atoms with Gasteiger partial charge in [0.1, 0.15) is 11.6 Å². The molecule has 0 unspecified atom stereocenters. The summed E-state index contributed by atoms with van der Waals surface area (Å²) in [5, 5.41) is 2.94. The van der Waals surface area contributed by atoms with Crippen LogP contribution in [0.2, 0.25) is 0 Å². The molecular weight excluding hydrogens is 316 g/mol. The van der Waals surface area contributed by atoms with Crippen LogP contribution in [-0.2, 0) is 24.4 Å². The number of carbonyl (C=O) groups excluding carboxylic acids is 1. The molecule has 25 heavy (non-hydrogen) atoms. The number of aromatic nitrogens is 2. The number of hydrogen-bond acceptors (Lipinski definition) is 4. The van der Waals surface area contributed by atoms with Gasteiger partial charge in [-0.05, 0) is 30.3 Å². The summed E-state index contributed by atoms with van der Waals surface area (Å²) >= 11 is 0. The van der Waals surface area contributed by atoms with Crippen molar-refractivity contribution in [1.82, 2.24) is 14.5 Å². The van der Waals surface area contributed by atoms with Crippen molar-refractivity contribution in [2.45, 2.75) is 33.5 Å². The van der Waals surface area contributed by atoms with E-state index in [-0.39, 0.29) is 11.8 Å². The van der Waals surface area contributed by atoms with Crippen LogP contribution in [0.1, 0.15) is 25.4 Å². The van der Waals surface area contributed by atoms with Crippen molar-refractivity contribution < 1.29 is 9.21 Å². The van der Waals surface area contributed by atoms with Gasteiger partial charge in [-0.1, -0.05) is 13.8 Å². The lowest BCUT2D eigenvalue weighted by Gasteiger charge is -2.26. The van der Waals surface area contributed by atoms with E-state index in [4.69, 9.17) is 9.40 Å². The fraction of sp³-hybridized carbons (Fsp3) is 0.368. The molecule has 1 N–H and O–H groups in total. The summed E-state index contributed by atoms with van der Waals surface area (Å²) in [5.74, 6) is 2.01. The van der Waals surface area contributed by atoms with Crippen molar-refractivity contribution in [3.63, 3.8) is 0 Å². The predicted molar refractivity (Wildman–Crippen MR) is 96.0 cm³/mol. The predicted octanol–water partition coefficient (Wildman–Crippen LogP) is 3.24. The zero-order valence-electron chi connectivity index (χ0n) is 14.5. The molecular formula is C19H22N4O2. The van der Waals surface area contributed by atoms with Gasteiger partial charge in [-0.25, -0.2) is 4.98 Å². The van der Waals surface area contributed by atoms with Crippen molar-refractivity contribution >= 4 is 22.6 Å². The zero-order chi connectivity index (χ0) is 17.4. The van der Waals surface area contributed by atoms with Crippen LogP contribution in [0.25, 0.3) is 11.0 Å². The number of amides is 1. The van der Waals surface area contributed by atoms with E-state index in [1.807, 2.05) is 44.2 Å². The van der Waals surface area contributed by atoms with Crippen LogP contribution in [0.15, 0.2) is 41.0 Å². The summed E-state index contributed by atoms with van der Waals surface area (Å²) in [7, 11) is 0. The van der Waals surface area contributed by atoms with Crippen molar-refractivity contribution in [3.8, 4) is 0 Å². The topological polar surface area (TPSA) is 63.3 Å². The van der Waals surface area contributed by atoms with E-state index in [0.717, 1.165) is 54.5 Å². The molecule has 0 radical (unpaired) electrons. The number of imidazole rings is 1. The summed E-state index contributed by atoms with van der Waals surface area (Å²) in [6, 6.07) is 9.87. The quantitative estimate of drug-likeness (QED) is 0.793. The fourth-order valence-corrected chi connectivity index (χ4v) is 3.19. The average Bonchev–Trinajstić information content (AvgIpc) is 3.21. The standard InChI is InChI=1S/C19H22N4O2/c1-13(2)19(24)20-14-5-6-17-16(10-14)21-18-12-22(7-8-23(17)18)11-15-4-3-9-25-15/h3-6,9-10,13H,7-8,11-12H2,1-2H3,(H,20,24). The Labute approximate surface area is 146 Å². The highest BCUT2D eigenvalue weighted by atomic mass is 16.3. The number of benzene rings is 1. The highest BCUT2D eigenvalue weighted by Gasteiger charge is 2.21. The summed E-state index contributed by atoms with van der Waals surface area (Å²) in [6.07, 6.45) is 1.71. The van der Waals surface area contributed by atoms with Crippen LogP contribution in [0.3, 0.4) is 0 Å². The Balaban J connectivity index is 1.56. The van der Waals surface area contributed by atoms with Gasteiger partial charge in [0.15, 0.2) is 0 Å². The van der Waals surface area contributed by atoms with Gasteiger partial charge in [0.2, 0.25) is 5.91 Å². The second-order valence-electron chi connectivity index (χ2n) is 6.82. The molecule has 130 valence electrons. The molecule has 0 bridgehead atoms. The molecule has 6 nitrogen and oxygen atoms in total. The third-order valence-electron chi connectivity index (χ3n) is 4.58. The summed E-state index contributed by atoms with van der Waals surface area (Å²) in [5.41, 5.74) is 2.85. The third-order valence-corrected chi connectivity index (χ3v) is 4.58. The van der Waals surface area contributed by atoms with Crippen molar-refractivity contribution in [2.24, 2.45) is 5.92 Å². The second-order valence-corrected chi connectivity index (χ2v) is 6.82. The van der Waals surface area contributed by atoms with Crippen molar-refractivity contribution in [2.75, 3.05) is 11.9 Å². The first-order chi connectivity index (χ1) is 12.1. The van der Waals surface area contributed by atoms with Crippen LogP contribution in [0.4, 0.5) is 5.69 Å². The van der Waals surface area contributed by atoms with E-state index < -0.39 is 0 Å². The van der Waals surface area contributed by atoms with E-state index in [1.165, 1.54) is 0 Å². The lowest BCUT2D eigenvalue weighted by Crippen LogP contribution is -2.33.